The van der Waals surface area contributed by atoms with Crippen LogP contribution in [-0.4, -0.2) is 37.2 Å². The molecule has 0 radical (unpaired) electrons. The van der Waals surface area contributed by atoms with E-state index in [4.69, 9.17) is 14.2 Å². The Hall–Kier alpha value is -3.93. The van der Waals surface area contributed by atoms with Crippen LogP contribution in [0.15, 0.2) is 109 Å². The van der Waals surface area contributed by atoms with Gasteiger partial charge in [-0.3, -0.25) is 14.4 Å². The summed E-state index contributed by atoms with van der Waals surface area (Å²) in [6.07, 6.45) is 73.8. The van der Waals surface area contributed by atoms with Gasteiger partial charge in [-0.2, -0.15) is 0 Å². The molecule has 0 bridgehead atoms. The van der Waals surface area contributed by atoms with Crippen LogP contribution in [0.5, 0.6) is 0 Å². The lowest BCUT2D eigenvalue weighted by Crippen LogP contribution is -2.30. The van der Waals surface area contributed by atoms with Crippen LogP contribution in [0.3, 0.4) is 0 Å². The van der Waals surface area contributed by atoms with Crippen LogP contribution in [0.2, 0.25) is 0 Å². The van der Waals surface area contributed by atoms with E-state index in [1.165, 1.54) is 103 Å². The van der Waals surface area contributed by atoms with Crippen molar-refractivity contribution in [2.75, 3.05) is 13.2 Å². The van der Waals surface area contributed by atoms with E-state index in [9.17, 15) is 14.4 Å². The minimum atomic E-state index is -0.826. The molecule has 0 aliphatic carbocycles. The van der Waals surface area contributed by atoms with Crippen molar-refractivity contribution in [2.45, 2.75) is 245 Å². The zero-order valence-electron chi connectivity index (χ0n) is 43.4. The third-order valence-corrected chi connectivity index (χ3v) is 11.3. The van der Waals surface area contributed by atoms with E-state index >= 15 is 0 Å². The Bertz CT molecular complexity index is 1390. The predicted molar refractivity (Wildman–Crippen MR) is 288 cm³/mol. The summed E-state index contributed by atoms with van der Waals surface area (Å²) < 4.78 is 16.7. The fourth-order valence-corrected chi connectivity index (χ4v) is 7.23. The van der Waals surface area contributed by atoms with Crippen LogP contribution >= 0.6 is 0 Å². The minimum absolute atomic E-state index is 0.116. The van der Waals surface area contributed by atoms with Crippen molar-refractivity contribution in [3.63, 3.8) is 0 Å². The molecule has 1 unspecified atom stereocenters. The van der Waals surface area contributed by atoms with Crippen molar-refractivity contribution in [3.8, 4) is 0 Å². The van der Waals surface area contributed by atoms with E-state index in [0.717, 1.165) is 96.3 Å². The van der Waals surface area contributed by atoms with E-state index < -0.39 is 12.1 Å². The maximum atomic E-state index is 12.8. The Morgan fingerprint density at radius 3 is 1.06 bits per heavy atom. The van der Waals surface area contributed by atoms with Crippen molar-refractivity contribution in [1.29, 1.82) is 0 Å². The van der Waals surface area contributed by atoms with Crippen molar-refractivity contribution in [2.24, 2.45) is 0 Å². The third-order valence-electron chi connectivity index (χ3n) is 11.3. The second-order valence-corrected chi connectivity index (χ2v) is 17.7. The van der Waals surface area contributed by atoms with Gasteiger partial charge >= 0.3 is 17.9 Å². The maximum Gasteiger partial charge on any atom is 0.309 e. The normalized spacial score (nSPS) is 12.9. The number of allylic oxidation sites excluding steroid dienone is 17. The maximum absolute atomic E-state index is 12.8. The third kappa shape index (κ3) is 52.9. The molecule has 0 saturated heterocycles. The quantitative estimate of drug-likeness (QED) is 0.0262. The molecule has 0 heterocycles. The standard InChI is InChI=1S/C61H100O6/c1-4-7-10-13-16-19-22-25-28-30-33-36-39-42-45-48-51-54-60(63)66-57-58(56-65-59(62)53-50-47-44-41-38-35-32-27-24-21-18-15-12-9-6-3)67-61(64)55-52-49-46-43-40-37-34-31-29-26-23-20-17-14-11-8-5-2/h7,9-10,12,16,18-19,21,25-29,32,38,41,47,50,58H,4-6,8,11,13-15,17,20,22-24,30-31,33-37,39-40,42-46,48-49,51-57H2,1-3H3/b10-7-,12-9-,19-16-,21-18-,28-25-,29-26-,32-27-,41-38-,50-47-. The van der Waals surface area contributed by atoms with E-state index in [-0.39, 0.29) is 31.6 Å². The number of ether oxygens (including phenoxy) is 3. The van der Waals surface area contributed by atoms with Crippen molar-refractivity contribution in [1.82, 2.24) is 0 Å². The average molecular weight is 929 g/mol. The zero-order valence-corrected chi connectivity index (χ0v) is 43.4. The van der Waals surface area contributed by atoms with E-state index in [0.29, 0.717) is 12.8 Å². The lowest BCUT2D eigenvalue weighted by Gasteiger charge is -2.18. The second-order valence-electron chi connectivity index (χ2n) is 17.7. The number of hydrogen-bond acceptors (Lipinski definition) is 6. The smallest absolute Gasteiger partial charge is 0.309 e. The molecular weight excluding hydrogens is 829 g/mol. The Morgan fingerprint density at radius 2 is 0.642 bits per heavy atom. The van der Waals surface area contributed by atoms with Gasteiger partial charge in [0.05, 0.1) is 6.42 Å². The van der Waals surface area contributed by atoms with Gasteiger partial charge in [-0.1, -0.05) is 226 Å². The Kier molecular flexibility index (Phi) is 51.5. The highest BCUT2D eigenvalue weighted by Gasteiger charge is 2.19. The molecule has 0 fully saturated rings. The molecule has 0 aliphatic rings. The molecule has 1 atom stereocenters. The van der Waals surface area contributed by atoms with E-state index in [1.807, 2.05) is 6.08 Å². The topological polar surface area (TPSA) is 78.9 Å². The first-order valence-electron chi connectivity index (χ1n) is 27.4. The first-order valence-corrected chi connectivity index (χ1v) is 27.4. The van der Waals surface area contributed by atoms with Gasteiger partial charge < -0.3 is 14.2 Å². The molecule has 6 heteroatoms. The van der Waals surface area contributed by atoms with E-state index in [1.54, 1.807) is 6.08 Å². The van der Waals surface area contributed by atoms with Crippen LogP contribution in [0.4, 0.5) is 0 Å². The van der Waals surface area contributed by atoms with Crippen LogP contribution in [-0.2, 0) is 28.6 Å². The monoisotopic (exact) mass is 929 g/mol. The summed E-state index contributed by atoms with van der Waals surface area (Å²) in [5.74, 6) is -1.07. The van der Waals surface area contributed by atoms with Crippen LogP contribution in [0, 0.1) is 0 Å². The second kappa shape index (κ2) is 54.7. The number of hydrogen-bond donors (Lipinski definition) is 0. The Labute approximate surface area is 412 Å². The Balaban J connectivity index is 4.52. The van der Waals surface area contributed by atoms with Gasteiger partial charge in [-0.15, -0.1) is 0 Å². The van der Waals surface area contributed by atoms with Crippen LogP contribution in [0.1, 0.15) is 239 Å². The summed E-state index contributed by atoms with van der Waals surface area (Å²) in [5, 5.41) is 0. The summed E-state index contributed by atoms with van der Waals surface area (Å²) in [6.45, 7) is 6.31. The highest BCUT2D eigenvalue weighted by Crippen LogP contribution is 2.14. The fourth-order valence-electron chi connectivity index (χ4n) is 7.23. The first-order chi connectivity index (χ1) is 33.0. The highest BCUT2D eigenvalue weighted by atomic mass is 16.6. The lowest BCUT2D eigenvalue weighted by atomic mass is 10.1. The molecule has 0 rings (SSSR count). The number of esters is 3. The molecule has 0 saturated carbocycles. The van der Waals surface area contributed by atoms with Crippen LogP contribution in [0.25, 0.3) is 0 Å². The molecule has 0 amide bonds. The first kappa shape index (κ1) is 63.1. The summed E-state index contributed by atoms with van der Waals surface area (Å²) >= 11 is 0. The van der Waals surface area contributed by atoms with Gasteiger partial charge in [0, 0.05) is 12.8 Å². The summed E-state index contributed by atoms with van der Waals surface area (Å²) in [6, 6.07) is 0. The molecule has 0 aromatic heterocycles. The molecule has 0 aliphatic heterocycles. The number of carbonyl (C=O) groups is 3. The van der Waals surface area contributed by atoms with Gasteiger partial charge in [0.2, 0.25) is 0 Å². The predicted octanol–water partition coefficient (Wildman–Crippen LogP) is 18.3. The number of unbranched alkanes of at least 4 members (excludes halogenated alkanes) is 20. The number of rotatable bonds is 48. The minimum Gasteiger partial charge on any atom is -0.462 e. The van der Waals surface area contributed by atoms with Gasteiger partial charge in [0.25, 0.3) is 0 Å². The molecular formula is C61H100O6. The lowest BCUT2D eigenvalue weighted by molar-refractivity contribution is -0.166. The Morgan fingerprint density at radius 1 is 0.328 bits per heavy atom. The fraction of sp³-hybridized carbons (Fsp3) is 0.656. The molecule has 0 spiro atoms. The molecule has 67 heavy (non-hydrogen) atoms. The largest absolute Gasteiger partial charge is 0.462 e. The SMILES string of the molecule is CC/C=C\C/C=C\C/C=C\C/C=C\C/C=C\CC(=O)OCC(COC(=O)CCCCCCCCC/C=C\C/C=C\C/C=C\CC)OC(=O)CCCCCCCCC/C=C\CCCCCCCC. The molecule has 380 valence electrons. The summed E-state index contributed by atoms with van der Waals surface area (Å²) in [5.41, 5.74) is 0. The van der Waals surface area contributed by atoms with E-state index in [2.05, 4.69) is 118 Å². The van der Waals surface area contributed by atoms with Crippen molar-refractivity contribution >= 4 is 17.9 Å². The molecule has 6 nitrogen and oxygen atoms in total. The summed E-state index contributed by atoms with van der Waals surface area (Å²) in [7, 11) is 0. The highest BCUT2D eigenvalue weighted by molar-refractivity contribution is 5.72. The summed E-state index contributed by atoms with van der Waals surface area (Å²) in [4.78, 5) is 38.0. The van der Waals surface area contributed by atoms with Crippen LogP contribution < -0.4 is 0 Å². The molecule has 0 aromatic rings. The van der Waals surface area contributed by atoms with Gasteiger partial charge in [-0.25, -0.2) is 0 Å². The molecule has 0 N–H and O–H groups in total. The number of carbonyl (C=O) groups excluding carboxylic acids is 3. The molecule has 0 aromatic carbocycles. The van der Waals surface area contributed by atoms with Crippen molar-refractivity contribution < 1.29 is 28.6 Å². The van der Waals surface area contributed by atoms with Crippen molar-refractivity contribution in [3.05, 3.63) is 109 Å². The average Bonchev–Trinajstić information content (AvgIpc) is 3.33. The van der Waals surface area contributed by atoms with Gasteiger partial charge in [0.1, 0.15) is 13.2 Å². The zero-order chi connectivity index (χ0) is 48.6. The van der Waals surface area contributed by atoms with Gasteiger partial charge in [-0.05, 0) is 103 Å². The van der Waals surface area contributed by atoms with Gasteiger partial charge in [0.15, 0.2) is 6.10 Å².